The Morgan fingerprint density at radius 3 is 2.54 bits per heavy atom. The van der Waals surface area contributed by atoms with Crippen LogP contribution in [0.2, 0.25) is 0 Å². The first-order valence-corrected chi connectivity index (χ1v) is 9.13. The zero-order chi connectivity index (χ0) is 20.6. The Morgan fingerprint density at radius 2 is 1.96 bits per heavy atom. The molecule has 3 rings (SSSR count). The Bertz CT molecular complexity index is 1090. The lowest BCUT2D eigenvalue weighted by Gasteiger charge is -2.15. The summed E-state index contributed by atoms with van der Waals surface area (Å²) in [6, 6.07) is 4.03. The Hall–Kier alpha value is -2.57. The molecule has 1 aromatic carbocycles. The summed E-state index contributed by atoms with van der Waals surface area (Å²) in [4.78, 5) is 19.1. The SMILES string of the molecule is Cc1nc2c(c(CNS(=O)[O-])nn2C(C)c2ccc(C(F)(F)F)cc2)c(=O)[nH]1. The zero-order valence-electron chi connectivity index (χ0n) is 14.7. The molecule has 0 spiro atoms. The molecule has 0 saturated carbocycles. The molecule has 8 nitrogen and oxygen atoms in total. The fourth-order valence-electron chi connectivity index (χ4n) is 2.84. The summed E-state index contributed by atoms with van der Waals surface area (Å²) in [5.74, 6) is 0.324. The summed E-state index contributed by atoms with van der Waals surface area (Å²) >= 11 is -2.56. The number of benzene rings is 1. The van der Waals surface area contributed by atoms with Gasteiger partial charge in [-0.15, -0.1) is 0 Å². The van der Waals surface area contributed by atoms with Crippen LogP contribution in [-0.2, 0) is 24.0 Å². The standard InChI is InChI=1S/C16H16F3N5O3S/c1-8(10-3-5-11(6-4-10)16(17,18)19)24-14-13(15(25)22-9(2)21-14)12(23-24)7-20-28(26)27/h3-6,8,20H,7H2,1-2H3,(H,26,27)(H,21,22,25)/p-1. The van der Waals surface area contributed by atoms with Crippen molar-refractivity contribution in [1.29, 1.82) is 0 Å². The molecule has 0 aliphatic heterocycles. The van der Waals surface area contributed by atoms with E-state index in [4.69, 9.17) is 0 Å². The number of halogens is 3. The highest BCUT2D eigenvalue weighted by atomic mass is 32.2. The highest BCUT2D eigenvalue weighted by Crippen LogP contribution is 2.31. The Morgan fingerprint density at radius 1 is 1.32 bits per heavy atom. The number of alkyl halides is 3. The summed E-state index contributed by atoms with van der Waals surface area (Å²) in [6.07, 6.45) is -4.45. The summed E-state index contributed by atoms with van der Waals surface area (Å²) in [6.45, 7) is 3.04. The number of aromatic amines is 1. The van der Waals surface area contributed by atoms with Gasteiger partial charge in [-0.05, 0) is 31.5 Å². The van der Waals surface area contributed by atoms with Crippen LogP contribution in [0.15, 0.2) is 29.1 Å². The highest BCUT2D eigenvalue weighted by molar-refractivity contribution is 7.77. The molecular formula is C16H15F3N5O3S-. The summed E-state index contributed by atoms with van der Waals surface area (Å²) < 4.78 is 63.4. The highest BCUT2D eigenvalue weighted by Gasteiger charge is 2.30. The zero-order valence-corrected chi connectivity index (χ0v) is 15.5. The Balaban J connectivity index is 2.09. The second-order valence-electron chi connectivity index (χ2n) is 6.09. The van der Waals surface area contributed by atoms with Crippen molar-refractivity contribution in [2.75, 3.05) is 0 Å². The van der Waals surface area contributed by atoms with E-state index in [1.165, 1.54) is 16.8 Å². The van der Waals surface area contributed by atoms with Gasteiger partial charge in [-0.25, -0.2) is 14.4 Å². The van der Waals surface area contributed by atoms with Crippen molar-refractivity contribution < 1.29 is 21.9 Å². The maximum absolute atomic E-state index is 12.8. The molecule has 2 unspecified atom stereocenters. The average Bonchev–Trinajstić information content (AvgIpc) is 2.97. The molecule has 0 amide bonds. The number of aromatic nitrogens is 4. The third-order valence-corrected chi connectivity index (χ3v) is 4.58. The number of aryl methyl sites for hydroxylation is 1. The molecule has 0 saturated heterocycles. The first-order valence-electron chi connectivity index (χ1n) is 8.06. The van der Waals surface area contributed by atoms with Crippen molar-refractivity contribution in [3.05, 3.63) is 57.3 Å². The van der Waals surface area contributed by atoms with E-state index in [-0.39, 0.29) is 23.3 Å². The number of hydrogen-bond donors (Lipinski definition) is 2. The maximum Gasteiger partial charge on any atom is 0.416 e. The molecule has 150 valence electrons. The van der Waals surface area contributed by atoms with Gasteiger partial charge in [0.15, 0.2) is 5.65 Å². The van der Waals surface area contributed by atoms with Crippen LogP contribution in [-0.4, -0.2) is 28.5 Å². The smallest absolute Gasteiger partial charge is 0.416 e. The lowest BCUT2D eigenvalue weighted by molar-refractivity contribution is -0.137. The van der Waals surface area contributed by atoms with E-state index < -0.39 is 34.6 Å². The van der Waals surface area contributed by atoms with Crippen LogP contribution in [0.5, 0.6) is 0 Å². The summed E-state index contributed by atoms with van der Waals surface area (Å²) in [5, 5.41) is 4.40. The Labute approximate surface area is 159 Å². The van der Waals surface area contributed by atoms with Gasteiger partial charge in [0.05, 0.1) is 23.8 Å². The molecule has 28 heavy (non-hydrogen) atoms. The van der Waals surface area contributed by atoms with E-state index in [1.54, 1.807) is 13.8 Å². The van der Waals surface area contributed by atoms with Crippen LogP contribution in [0.1, 0.15) is 35.6 Å². The molecule has 12 heteroatoms. The van der Waals surface area contributed by atoms with Gasteiger partial charge in [0, 0.05) is 11.3 Å². The van der Waals surface area contributed by atoms with Gasteiger partial charge in [0.25, 0.3) is 5.56 Å². The van der Waals surface area contributed by atoms with Crippen LogP contribution in [0.4, 0.5) is 13.2 Å². The van der Waals surface area contributed by atoms with Gasteiger partial charge in [-0.1, -0.05) is 12.1 Å². The minimum absolute atomic E-state index is 0.113. The van der Waals surface area contributed by atoms with Gasteiger partial charge in [-0.2, -0.15) is 18.3 Å². The molecule has 0 aliphatic carbocycles. The minimum Gasteiger partial charge on any atom is -0.760 e. The fourth-order valence-corrected chi connectivity index (χ4v) is 3.09. The van der Waals surface area contributed by atoms with Gasteiger partial charge in [-0.3, -0.25) is 9.00 Å². The van der Waals surface area contributed by atoms with Gasteiger partial charge in [0.1, 0.15) is 11.2 Å². The van der Waals surface area contributed by atoms with Gasteiger partial charge in [0.2, 0.25) is 0 Å². The second-order valence-corrected chi connectivity index (χ2v) is 6.85. The van der Waals surface area contributed by atoms with E-state index in [9.17, 15) is 26.7 Å². The molecule has 0 bridgehead atoms. The Kier molecular flexibility index (Phi) is 5.37. The quantitative estimate of drug-likeness (QED) is 0.619. The first kappa shape index (κ1) is 20.2. The van der Waals surface area contributed by atoms with Crippen LogP contribution < -0.4 is 10.3 Å². The van der Waals surface area contributed by atoms with Crippen molar-refractivity contribution in [3.63, 3.8) is 0 Å². The number of H-pyrrole nitrogens is 1. The fraction of sp³-hybridized carbons (Fsp3) is 0.312. The number of nitrogens with one attached hydrogen (secondary N) is 2. The summed E-state index contributed by atoms with van der Waals surface area (Å²) in [7, 11) is 0. The molecule has 2 aromatic heterocycles. The van der Waals surface area contributed by atoms with Crippen LogP contribution in [0, 0.1) is 6.92 Å². The van der Waals surface area contributed by atoms with Crippen molar-refractivity contribution in [1.82, 2.24) is 24.5 Å². The van der Waals surface area contributed by atoms with E-state index in [0.717, 1.165) is 12.1 Å². The molecule has 0 fully saturated rings. The number of fused-ring (bicyclic) bond motifs is 1. The number of rotatable bonds is 5. The second kappa shape index (κ2) is 7.45. The molecular weight excluding hydrogens is 399 g/mol. The van der Waals surface area contributed by atoms with E-state index >= 15 is 0 Å². The molecule has 2 heterocycles. The molecule has 2 atom stereocenters. The van der Waals surface area contributed by atoms with Gasteiger partial charge < -0.3 is 9.54 Å². The van der Waals surface area contributed by atoms with Crippen LogP contribution >= 0.6 is 0 Å². The van der Waals surface area contributed by atoms with E-state index in [0.29, 0.717) is 11.4 Å². The normalized spacial score (nSPS) is 14.4. The lowest BCUT2D eigenvalue weighted by Crippen LogP contribution is -2.18. The monoisotopic (exact) mass is 414 g/mol. The largest absolute Gasteiger partial charge is 0.760 e. The van der Waals surface area contributed by atoms with Crippen molar-refractivity contribution in [3.8, 4) is 0 Å². The first-order chi connectivity index (χ1) is 13.1. The number of nitrogens with zero attached hydrogens (tertiary/aromatic N) is 3. The summed E-state index contributed by atoms with van der Waals surface area (Å²) in [5.41, 5.74) is -0.373. The average molecular weight is 414 g/mol. The van der Waals surface area contributed by atoms with Crippen LogP contribution in [0.25, 0.3) is 11.0 Å². The topological polar surface area (TPSA) is 116 Å². The van der Waals surface area contributed by atoms with E-state index in [1.807, 2.05) is 0 Å². The van der Waals surface area contributed by atoms with E-state index in [2.05, 4.69) is 19.8 Å². The molecule has 0 aliphatic rings. The maximum atomic E-state index is 12.8. The predicted molar refractivity (Wildman–Crippen MR) is 93.9 cm³/mol. The third kappa shape index (κ3) is 3.98. The van der Waals surface area contributed by atoms with Gasteiger partial charge >= 0.3 is 6.18 Å². The van der Waals surface area contributed by atoms with Crippen molar-refractivity contribution in [2.24, 2.45) is 0 Å². The van der Waals surface area contributed by atoms with Crippen molar-refractivity contribution >= 4 is 22.3 Å². The van der Waals surface area contributed by atoms with Crippen LogP contribution in [0.3, 0.4) is 0 Å². The van der Waals surface area contributed by atoms with Crippen molar-refractivity contribution in [2.45, 2.75) is 32.6 Å². The molecule has 3 aromatic rings. The molecule has 0 radical (unpaired) electrons. The third-order valence-electron chi connectivity index (χ3n) is 4.20. The molecule has 2 N–H and O–H groups in total. The minimum atomic E-state index is -4.45. The predicted octanol–water partition coefficient (Wildman–Crippen LogP) is 1.94. The lowest BCUT2D eigenvalue weighted by atomic mass is 10.1. The number of hydrogen-bond acceptors (Lipinski definition) is 5.